The molecule has 0 fully saturated rings. The summed E-state index contributed by atoms with van der Waals surface area (Å²) in [4.78, 5) is 0. The van der Waals surface area contributed by atoms with Gasteiger partial charge in [0.25, 0.3) is 0 Å². The topological polar surface area (TPSA) is 29.5 Å². The second-order valence-electron chi connectivity index (χ2n) is 4.75. The van der Waals surface area contributed by atoms with Crippen LogP contribution in [0.1, 0.15) is 29.0 Å². The smallest absolute Gasteiger partial charge is 0.119 e. The van der Waals surface area contributed by atoms with Gasteiger partial charge in [0.2, 0.25) is 0 Å². The van der Waals surface area contributed by atoms with Crippen LogP contribution in [0.2, 0.25) is 0 Å². The normalized spacial score (nSPS) is 12.2. The Bertz CT molecular complexity index is 517. The minimum Gasteiger partial charge on any atom is -0.497 e. The zero-order valence-corrected chi connectivity index (χ0v) is 11.5. The first kappa shape index (κ1) is 13.6. The van der Waals surface area contributed by atoms with E-state index in [1.54, 1.807) is 7.11 Å². The van der Waals surface area contributed by atoms with Gasteiger partial charge in [-0.3, -0.25) is 0 Å². The number of ether oxygens (including phenoxy) is 1. The van der Waals surface area contributed by atoms with Gasteiger partial charge in [0.05, 0.1) is 7.11 Å². The number of aliphatic hydroxyl groups excluding tert-OH is 1. The molecule has 0 saturated carbocycles. The summed E-state index contributed by atoms with van der Waals surface area (Å²) in [6.07, 6.45) is 0.718. The summed E-state index contributed by atoms with van der Waals surface area (Å²) in [5.41, 5.74) is 3.65. The SMILES string of the molecule is COc1cccc(C(CCO)c2ccc(C)cc2)c1. The van der Waals surface area contributed by atoms with Crippen molar-refractivity contribution in [3.63, 3.8) is 0 Å². The average Bonchev–Trinajstić information content (AvgIpc) is 2.46. The standard InChI is InChI=1S/C17H20O2/c1-13-6-8-14(9-7-13)17(10-11-18)15-4-3-5-16(12-15)19-2/h3-9,12,17-18H,10-11H2,1-2H3. The Balaban J connectivity index is 2.35. The minimum absolute atomic E-state index is 0.176. The second kappa shape index (κ2) is 6.39. The molecule has 0 aliphatic heterocycles. The van der Waals surface area contributed by atoms with Gasteiger partial charge in [-0.2, -0.15) is 0 Å². The Morgan fingerprint density at radius 1 is 1.05 bits per heavy atom. The Morgan fingerprint density at radius 3 is 2.42 bits per heavy atom. The third kappa shape index (κ3) is 3.36. The highest BCUT2D eigenvalue weighted by molar-refractivity contribution is 5.38. The molecule has 2 nitrogen and oxygen atoms in total. The van der Waals surface area contributed by atoms with Crippen molar-refractivity contribution in [3.8, 4) is 5.75 Å². The van der Waals surface area contributed by atoms with Crippen molar-refractivity contribution in [3.05, 3.63) is 65.2 Å². The van der Waals surface area contributed by atoms with Crippen LogP contribution in [0.15, 0.2) is 48.5 Å². The predicted octanol–water partition coefficient (Wildman–Crippen LogP) is 3.52. The molecule has 0 aliphatic rings. The lowest BCUT2D eigenvalue weighted by molar-refractivity contribution is 0.281. The van der Waals surface area contributed by atoms with E-state index in [-0.39, 0.29) is 12.5 Å². The number of methoxy groups -OCH3 is 1. The lowest BCUT2D eigenvalue weighted by Crippen LogP contribution is -2.04. The van der Waals surface area contributed by atoms with Crippen LogP contribution in [0.3, 0.4) is 0 Å². The van der Waals surface area contributed by atoms with Crippen molar-refractivity contribution in [2.45, 2.75) is 19.3 Å². The number of rotatable bonds is 5. The van der Waals surface area contributed by atoms with Crippen LogP contribution < -0.4 is 4.74 Å². The molecule has 0 heterocycles. The lowest BCUT2D eigenvalue weighted by Gasteiger charge is -2.18. The van der Waals surface area contributed by atoms with Crippen LogP contribution >= 0.6 is 0 Å². The molecule has 0 aromatic heterocycles. The third-order valence-corrected chi connectivity index (χ3v) is 3.39. The van der Waals surface area contributed by atoms with Gasteiger partial charge in [0.15, 0.2) is 0 Å². The molecular weight excluding hydrogens is 236 g/mol. The van der Waals surface area contributed by atoms with Crippen molar-refractivity contribution < 1.29 is 9.84 Å². The van der Waals surface area contributed by atoms with Crippen molar-refractivity contribution in [2.24, 2.45) is 0 Å². The fourth-order valence-corrected chi connectivity index (χ4v) is 2.31. The first-order chi connectivity index (χ1) is 9.24. The molecule has 0 spiro atoms. The van der Waals surface area contributed by atoms with Gasteiger partial charge in [-0.1, -0.05) is 42.0 Å². The molecule has 2 heteroatoms. The molecule has 0 aliphatic carbocycles. The molecule has 1 atom stereocenters. The van der Waals surface area contributed by atoms with Gasteiger partial charge < -0.3 is 9.84 Å². The quantitative estimate of drug-likeness (QED) is 0.887. The number of benzene rings is 2. The Kier molecular flexibility index (Phi) is 4.58. The molecular formula is C17H20O2. The van der Waals surface area contributed by atoms with E-state index >= 15 is 0 Å². The van der Waals surface area contributed by atoms with E-state index < -0.39 is 0 Å². The molecule has 19 heavy (non-hydrogen) atoms. The van der Waals surface area contributed by atoms with Crippen molar-refractivity contribution in [2.75, 3.05) is 13.7 Å². The molecule has 2 aromatic rings. The molecule has 1 unspecified atom stereocenters. The number of hydrogen-bond acceptors (Lipinski definition) is 2. The van der Waals surface area contributed by atoms with Gasteiger partial charge in [-0.25, -0.2) is 0 Å². The molecule has 0 radical (unpaired) electrons. The van der Waals surface area contributed by atoms with Gasteiger partial charge in [-0.05, 0) is 36.6 Å². The highest BCUT2D eigenvalue weighted by Crippen LogP contribution is 2.30. The maximum atomic E-state index is 9.31. The van der Waals surface area contributed by atoms with Crippen LogP contribution in [-0.2, 0) is 0 Å². The van der Waals surface area contributed by atoms with Gasteiger partial charge in [-0.15, -0.1) is 0 Å². The largest absolute Gasteiger partial charge is 0.497 e. The van der Waals surface area contributed by atoms with E-state index in [1.165, 1.54) is 16.7 Å². The summed E-state index contributed by atoms with van der Waals surface area (Å²) in [7, 11) is 1.67. The van der Waals surface area contributed by atoms with E-state index in [1.807, 2.05) is 18.2 Å². The highest BCUT2D eigenvalue weighted by Gasteiger charge is 2.14. The first-order valence-electron chi connectivity index (χ1n) is 6.56. The van der Waals surface area contributed by atoms with Crippen molar-refractivity contribution >= 4 is 0 Å². The van der Waals surface area contributed by atoms with E-state index in [9.17, 15) is 5.11 Å². The summed E-state index contributed by atoms with van der Waals surface area (Å²) < 4.78 is 5.28. The third-order valence-electron chi connectivity index (χ3n) is 3.39. The molecule has 0 amide bonds. The molecule has 100 valence electrons. The lowest BCUT2D eigenvalue weighted by atomic mass is 9.88. The van der Waals surface area contributed by atoms with E-state index in [0.29, 0.717) is 0 Å². The summed E-state index contributed by atoms with van der Waals surface area (Å²) in [5, 5.41) is 9.31. The zero-order chi connectivity index (χ0) is 13.7. The Hall–Kier alpha value is -1.80. The first-order valence-corrected chi connectivity index (χ1v) is 6.56. The van der Waals surface area contributed by atoms with Crippen molar-refractivity contribution in [1.82, 2.24) is 0 Å². The Labute approximate surface area is 114 Å². The van der Waals surface area contributed by atoms with Crippen molar-refractivity contribution in [1.29, 1.82) is 0 Å². The second-order valence-corrected chi connectivity index (χ2v) is 4.75. The fraction of sp³-hybridized carbons (Fsp3) is 0.294. The molecule has 2 rings (SSSR count). The average molecular weight is 256 g/mol. The zero-order valence-electron chi connectivity index (χ0n) is 11.5. The van der Waals surface area contributed by atoms with Gasteiger partial charge in [0, 0.05) is 12.5 Å². The van der Waals surface area contributed by atoms with E-state index in [2.05, 4.69) is 37.3 Å². The number of aryl methyl sites for hydroxylation is 1. The van der Waals surface area contributed by atoms with Crippen LogP contribution in [0, 0.1) is 6.92 Å². The Morgan fingerprint density at radius 2 is 1.79 bits per heavy atom. The number of aliphatic hydroxyl groups is 1. The maximum Gasteiger partial charge on any atom is 0.119 e. The van der Waals surface area contributed by atoms with Crippen LogP contribution in [0.4, 0.5) is 0 Å². The summed E-state index contributed by atoms with van der Waals surface area (Å²) >= 11 is 0. The number of hydrogen-bond donors (Lipinski definition) is 1. The monoisotopic (exact) mass is 256 g/mol. The van der Waals surface area contributed by atoms with E-state index in [0.717, 1.165) is 12.2 Å². The van der Waals surface area contributed by atoms with Crippen LogP contribution in [-0.4, -0.2) is 18.8 Å². The minimum atomic E-state index is 0.176. The molecule has 0 bridgehead atoms. The molecule has 1 N–H and O–H groups in total. The van der Waals surface area contributed by atoms with Gasteiger partial charge in [0.1, 0.15) is 5.75 Å². The summed E-state index contributed by atoms with van der Waals surface area (Å²) in [6.45, 7) is 2.26. The van der Waals surface area contributed by atoms with Crippen LogP contribution in [0.5, 0.6) is 5.75 Å². The van der Waals surface area contributed by atoms with E-state index in [4.69, 9.17) is 4.74 Å². The fourth-order valence-electron chi connectivity index (χ4n) is 2.31. The van der Waals surface area contributed by atoms with Gasteiger partial charge >= 0.3 is 0 Å². The predicted molar refractivity (Wildman–Crippen MR) is 77.7 cm³/mol. The maximum absolute atomic E-state index is 9.31. The summed E-state index contributed by atoms with van der Waals surface area (Å²) in [6, 6.07) is 16.5. The highest BCUT2D eigenvalue weighted by atomic mass is 16.5. The summed E-state index contributed by atoms with van der Waals surface area (Å²) in [5.74, 6) is 1.06. The molecule has 0 saturated heterocycles. The molecule has 2 aromatic carbocycles. The van der Waals surface area contributed by atoms with Crippen LogP contribution in [0.25, 0.3) is 0 Å².